The molecule has 1 saturated carbocycles. The maximum Gasteiger partial charge on any atom is 0.123 e. The van der Waals surface area contributed by atoms with E-state index in [-0.39, 0.29) is 5.82 Å². The van der Waals surface area contributed by atoms with Gasteiger partial charge in [0.1, 0.15) is 5.82 Å². The summed E-state index contributed by atoms with van der Waals surface area (Å²) in [5, 5.41) is 3.61. The van der Waals surface area contributed by atoms with E-state index in [4.69, 9.17) is 4.74 Å². The molecule has 1 aliphatic rings. The SMILES string of the molecule is COC1CCC(NCCc2ccc(F)cc2C)CC1. The Morgan fingerprint density at radius 3 is 2.63 bits per heavy atom. The number of nitrogens with one attached hydrogen (secondary N) is 1. The van der Waals surface area contributed by atoms with Gasteiger partial charge in [-0.25, -0.2) is 4.39 Å². The van der Waals surface area contributed by atoms with E-state index in [0.29, 0.717) is 12.1 Å². The first-order valence-electron chi connectivity index (χ1n) is 7.20. The van der Waals surface area contributed by atoms with E-state index in [9.17, 15) is 4.39 Å². The molecule has 1 aliphatic carbocycles. The molecular weight excluding hydrogens is 241 g/mol. The highest BCUT2D eigenvalue weighted by Gasteiger charge is 2.19. The zero-order valence-electron chi connectivity index (χ0n) is 11.9. The standard InChI is InChI=1S/C16H24FNO/c1-12-11-14(17)4-3-13(12)9-10-18-15-5-7-16(19-2)8-6-15/h3-4,11,15-16,18H,5-10H2,1-2H3. The molecule has 3 heteroatoms. The van der Waals surface area contributed by atoms with Crippen LogP contribution in [0.3, 0.4) is 0 Å². The van der Waals surface area contributed by atoms with Crippen LogP contribution in [0.15, 0.2) is 18.2 Å². The molecule has 0 unspecified atom stereocenters. The number of hydrogen-bond donors (Lipinski definition) is 1. The Labute approximate surface area is 115 Å². The second-order valence-electron chi connectivity index (χ2n) is 5.48. The van der Waals surface area contributed by atoms with Gasteiger partial charge in [0.2, 0.25) is 0 Å². The van der Waals surface area contributed by atoms with Crippen LogP contribution in [-0.2, 0) is 11.2 Å². The lowest BCUT2D eigenvalue weighted by Crippen LogP contribution is -2.36. The van der Waals surface area contributed by atoms with Crippen LogP contribution in [0.25, 0.3) is 0 Å². The van der Waals surface area contributed by atoms with Gasteiger partial charge in [-0.05, 0) is 68.8 Å². The number of methoxy groups -OCH3 is 1. The highest BCUT2D eigenvalue weighted by atomic mass is 19.1. The minimum Gasteiger partial charge on any atom is -0.381 e. The minimum atomic E-state index is -0.146. The fourth-order valence-electron chi connectivity index (χ4n) is 2.85. The molecule has 106 valence electrons. The molecule has 0 radical (unpaired) electrons. The maximum absolute atomic E-state index is 13.0. The first-order valence-corrected chi connectivity index (χ1v) is 7.20. The molecule has 0 aliphatic heterocycles. The number of halogens is 1. The Kier molecular flexibility index (Phi) is 5.34. The van der Waals surface area contributed by atoms with Crippen LogP contribution in [0.5, 0.6) is 0 Å². The zero-order valence-corrected chi connectivity index (χ0v) is 11.9. The van der Waals surface area contributed by atoms with E-state index in [2.05, 4.69) is 5.32 Å². The number of hydrogen-bond acceptors (Lipinski definition) is 2. The number of aryl methyl sites for hydroxylation is 1. The van der Waals surface area contributed by atoms with Crippen LogP contribution >= 0.6 is 0 Å². The van der Waals surface area contributed by atoms with Crippen molar-refractivity contribution in [1.29, 1.82) is 0 Å². The number of rotatable bonds is 5. The van der Waals surface area contributed by atoms with Crippen molar-refractivity contribution >= 4 is 0 Å². The summed E-state index contributed by atoms with van der Waals surface area (Å²) in [7, 11) is 1.80. The van der Waals surface area contributed by atoms with Crippen molar-refractivity contribution in [3.05, 3.63) is 35.1 Å². The molecule has 19 heavy (non-hydrogen) atoms. The third-order valence-electron chi connectivity index (χ3n) is 4.14. The molecule has 0 saturated heterocycles. The predicted molar refractivity (Wildman–Crippen MR) is 75.9 cm³/mol. The average molecular weight is 265 g/mol. The summed E-state index contributed by atoms with van der Waals surface area (Å²) in [5.41, 5.74) is 2.28. The smallest absolute Gasteiger partial charge is 0.123 e. The Morgan fingerprint density at radius 1 is 1.26 bits per heavy atom. The summed E-state index contributed by atoms with van der Waals surface area (Å²) in [6.45, 7) is 2.94. The van der Waals surface area contributed by atoms with Gasteiger partial charge in [-0.3, -0.25) is 0 Å². The maximum atomic E-state index is 13.0. The first kappa shape index (κ1) is 14.5. The average Bonchev–Trinajstić information content (AvgIpc) is 2.42. The van der Waals surface area contributed by atoms with E-state index >= 15 is 0 Å². The monoisotopic (exact) mass is 265 g/mol. The van der Waals surface area contributed by atoms with Crippen LogP contribution in [0, 0.1) is 12.7 Å². The first-order chi connectivity index (χ1) is 9.19. The largest absolute Gasteiger partial charge is 0.381 e. The van der Waals surface area contributed by atoms with Gasteiger partial charge >= 0.3 is 0 Å². The Bertz CT molecular complexity index is 400. The Balaban J connectivity index is 1.72. The summed E-state index contributed by atoms with van der Waals surface area (Å²) in [6, 6.07) is 5.67. The van der Waals surface area contributed by atoms with Crippen LogP contribution < -0.4 is 5.32 Å². The van der Waals surface area contributed by atoms with Crippen LogP contribution in [0.2, 0.25) is 0 Å². The Hall–Kier alpha value is -0.930. The summed E-state index contributed by atoms with van der Waals surface area (Å²) < 4.78 is 18.4. The van der Waals surface area contributed by atoms with Crippen molar-refractivity contribution < 1.29 is 9.13 Å². The molecule has 0 atom stereocenters. The highest BCUT2D eigenvalue weighted by molar-refractivity contribution is 5.26. The number of ether oxygens (including phenoxy) is 1. The van der Waals surface area contributed by atoms with Gasteiger partial charge in [-0.1, -0.05) is 6.07 Å². The molecule has 2 rings (SSSR count). The quantitative estimate of drug-likeness (QED) is 0.882. The molecule has 0 heterocycles. The van der Waals surface area contributed by atoms with E-state index < -0.39 is 0 Å². The molecule has 1 aromatic rings. The second kappa shape index (κ2) is 7.01. The predicted octanol–water partition coefficient (Wildman–Crippen LogP) is 3.22. The van der Waals surface area contributed by atoms with E-state index in [1.807, 2.05) is 13.0 Å². The molecule has 1 N–H and O–H groups in total. The van der Waals surface area contributed by atoms with Crippen molar-refractivity contribution in [2.24, 2.45) is 0 Å². The van der Waals surface area contributed by atoms with Crippen molar-refractivity contribution in [2.45, 2.75) is 51.2 Å². The van der Waals surface area contributed by atoms with Crippen LogP contribution in [-0.4, -0.2) is 25.8 Å². The van der Waals surface area contributed by atoms with Gasteiger partial charge in [0.25, 0.3) is 0 Å². The van der Waals surface area contributed by atoms with Gasteiger partial charge in [0.15, 0.2) is 0 Å². The summed E-state index contributed by atoms with van der Waals surface area (Å²) >= 11 is 0. The lowest BCUT2D eigenvalue weighted by atomic mass is 9.93. The van der Waals surface area contributed by atoms with Gasteiger partial charge in [0.05, 0.1) is 6.10 Å². The lowest BCUT2D eigenvalue weighted by molar-refractivity contribution is 0.0626. The summed E-state index contributed by atoms with van der Waals surface area (Å²) in [6.07, 6.45) is 6.13. The number of benzene rings is 1. The van der Waals surface area contributed by atoms with Crippen LogP contribution in [0.1, 0.15) is 36.8 Å². The molecule has 0 bridgehead atoms. The summed E-state index contributed by atoms with van der Waals surface area (Å²) in [4.78, 5) is 0. The fraction of sp³-hybridized carbons (Fsp3) is 0.625. The fourth-order valence-corrected chi connectivity index (χ4v) is 2.85. The van der Waals surface area contributed by atoms with Crippen molar-refractivity contribution in [3.63, 3.8) is 0 Å². The molecule has 0 amide bonds. The second-order valence-corrected chi connectivity index (χ2v) is 5.48. The third kappa shape index (κ3) is 4.29. The molecular formula is C16H24FNO. The van der Waals surface area contributed by atoms with Gasteiger partial charge in [-0.2, -0.15) is 0 Å². The molecule has 0 spiro atoms. The Morgan fingerprint density at radius 2 is 2.00 bits per heavy atom. The summed E-state index contributed by atoms with van der Waals surface area (Å²) in [5.74, 6) is -0.146. The minimum absolute atomic E-state index is 0.146. The van der Waals surface area contributed by atoms with Gasteiger partial charge in [-0.15, -0.1) is 0 Å². The van der Waals surface area contributed by atoms with E-state index in [0.717, 1.165) is 31.4 Å². The zero-order chi connectivity index (χ0) is 13.7. The molecule has 1 aromatic carbocycles. The van der Waals surface area contributed by atoms with Crippen molar-refractivity contribution in [3.8, 4) is 0 Å². The third-order valence-corrected chi connectivity index (χ3v) is 4.14. The van der Waals surface area contributed by atoms with Gasteiger partial charge < -0.3 is 10.1 Å². The van der Waals surface area contributed by atoms with Crippen molar-refractivity contribution in [2.75, 3.05) is 13.7 Å². The molecule has 0 aromatic heterocycles. The van der Waals surface area contributed by atoms with Gasteiger partial charge in [0, 0.05) is 13.2 Å². The highest BCUT2D eigenvalue weighted by Crippen LogP contribution is 2.20. The topological polar surface area (TPSA) is 21.3 Å². The lowest BCUT2D eigenvalue weighted by Gasteiger charge is -2.28. The van der Waals surface area contributed by atoms with E-state index in [1.54, 1.807) is 19.2 Å². The van der Waals surface area contributed by atoms with Crippen molar-refractivity contribution in [1.82, 2.24) is 5.32 Å². The molecule has 1 fully saturated rings. The molecule has 2 nitrogen and oxygen atoms in total. The van der Waals surface area contributed by atoms with E-state index in [1.165, 1.54) is 18.4 Å². The normalized spacial score (nSPS) is 23.5. The van der Waals surface area contributed by atoms with Crippen LogP contribution in [0.4, 0.5) is 4.39 Å².